The van der Waals surface area contributed by atoms with Crippen molar-refractivity contribution in [2.24, 2.45) is 29.6 Å². The lowest BCUT2D eigenvalue weighted by atomic mass is 9.56. The fourth-order valence-corrected chi connectivity index (χ4v) is 5.04. The summed E-state index contributed by atoms with van der Waals surface area (Å²) < 4.78 is 11.4. The van der Waals surface area contributed by atoms with Crippen LogP contribution in [0.4, 0.5) is 0 Å². The number of hydrogen-bond acceptors (Lipinski definition) is 7. The van der Waals surface area contributed by atoms with Gasteiger partial charge in [0.2, 0.25) is 0 Å². The number of ether oxygens (including phenoxy) is 2. The lowest BCUT2D eigenvalue weighted by molar-refractivity contribution is -0.292. The number of methoxy groups -OCH3 is 1. The third-order valence-corrected chi connectivity index (χ3v) is 6.60. The maximum Gasteiger partial charge on any atom is 0.124 e. The molecule has 3 unspecified atom stereocenters. The molecule has 1 aliphatic carbocycles. The molecule has 7 heteroatoms. The van der Waals surface area contributed by atoms with Crippen LogP contribution >= 0.6 is 0 Å². The SMILES string of the molecule is CCC(C)C[C@@H](CC(C)C)[C@@H]1[C@H](OCN(OCCOC)C(C)NO)CC1(O)CC(C)C. The standard InChI is InChI=1S/C24H50N2O5/c1-9-19(6)13-21(12-17(2)3)23-22(15-24(23,27)14-18(4)5)30-16-26(20(7)25-28)31-11-10-29-8/h17-23,25,27-28H,9-16H2,1-8H3/t19?,20?,21-,22-,23-,24?/m1/s1. The first-order valence-electron chi connectivity index (χ1n) is 12.2. The first-order valence-corrected chi connectivity index (χ1v) is 12.2. The molecule has 1 rings (SSSR count). The van der Waals surface area contributed by atoms with Gasteiger partial charge in [-0.3, -0.25) is 4.84 Å². The summed E-state index contributed by atoms with van der Waals surface area (Å²) in [5, 5.41) is 22.5. The minimum atomic E-state index is -0.672. The molecular formula is C24H50N2O5. The van der Waals surface area contributed by atoms with E-state index in [1.54, 1.807) is 19.1 Å². The van der Waals surface area contributed by atoms with Gasteiger partial charge < -0.3 is 19.8 Å². The molecular weight excluding hydrogens is 396 g/mol. The summed E-state index contributed by atoms with van der Waals surface area (Å²) in [6.07, 6.45) is 4.37. The Kier molecular flexibility index (Phi) is 13.1. The third-order valence-electron chi connectivity index (χ3n) is 6.60. The van der Waals surface area contributed by atoms with Crippen LogP contribution in [0.3, 0.4) is 0 Å². The van der Waals surface area contributed by atoms with Crippen molar-refractivity contribution in [1.29, 1.82) is 0 Å². The van der Waals surface area contributed by atoms with E-state index in [0.717, 1.165) is 25.7 Å². The van der Waals surface area contributed by atoms with E-state index in [4.69, 9.17) is 14.3 Å². The minimum absolute atomic E-state index is 0.0176. The largest absolute Gasteiger partial charge is 0.389 e. The molecule has 0 aliphatic heterocycles. The monoisotopic (exact) mass is 446 g/mol. The summed E-state index contributed by atoms with van der Waals surface area (Å²) in [4.78, 5) is 5.71. The molecule has 1 fully saturated rings. The second-order valence-corrected chi connectivity index (χ2v) is 10.5. The molecule has 0 saturated heterocycles. The molecule has 0 amide bonds. The lowest BCUT2D eigenvalue weighted by Crippen LogP contribution is -2.62. The Hall–Kier alpha value is -0.280. The van der Waals surface area contributed by atoms with Crippen LogP contribution in [-0.4, -0.2) is 60.3 Å². The van der Waals surface area contributed by atoms with Crippen molar-refractivity contribution in [2.75, 3.05) is 27.1 Å². The normalized spacial score (nSPS) is 27.0. The van der Waals surface area contributed by atoms with E-state index >= 15 is 0 Å². The van der Waals surface area contributed by atoms with Crippen LogP contribution in [0.2, 0.25) is 0 Å². The fraction of sp³-hybridized carbons (Fsp3) is 1.00. The molecule has 0 bridgehead atoms. The molecule has 186 valence electrons. The number of nitrogens with one attached hydrogen (secondary N) is 1. The first kappa shape index (κ1) is 28.8. The van der Waals surface area contributed by atoms with Gasteiger partial charge in [0.1, 0.15) is 12.9 Å². The van der Waals surface area contributed by atoms with Crippen LogP contribution in [0.1, 0.15) is 80.6 Å². The average Bonchev–Trinajstić information content (AvgIpc) is 2.67. The van der Waals surface area contributed by atoms with Crippen LogP contribution in [0.25, 0.3) is 0 Å². The molecule has 0 heterocycles. The van der Waals surface area contributed by atoms with Crippen LogP contribution < -0.4 is 5.48 Å². The van der Waals surface area contributed by atoms with Crippen LogP contribution in [0.15, 0.2) is 0 Å². The quantitative estimate of drug-likeness (QED) is 0.173. The molecule has 31 heavy (non-hydrogen) atoms. The fourth-order valence-electron chi connectivity index (χ4n) is 5.04. The first-order chi connectivity index (χ1) is 14.6. The van der Waals surface area contributed by atoms with Gasteiger partial charge in [-0.25, -0.2) is 0 Å². The Morgan fingerprint density at radius 2 is 1.74 bits per heavy atom. The summed E-state index contributed by atoms with van der Waals surface area (Å²) in [7, 11) is 1.62. The van der Waals surface area contributed by atoms with Crippen molar-refractivity contribution in [1.82, 2.24) is 10.5 Å². The Labute approximate surface area is 190 Å². The Bertz CT molecular complexity index is 479. The number of hydroxylamine groups is 3. The van der Waals surface area contributed by atoms with Gasteiger partial charge in [0.05, 0.1) is 24.9 Å². The Morgan fingerprint density at radius 1 is 1.06 bits per heavy atom. The molecule has 7 nitrogen and oxygen atoms in total. The van der Waals surface area contributed by atoms with Gasteiger partial charge in [0.15, 0.2) is 0 Å². The lowest BCUT2D eigenvalue weighted by Gasteiger charge is -2.56. The number of rotatable bonds is 17. The summed E-state index contributed by atoms with van der Waals surface area (Å²) in [6, 6.07) is 0. The predicted molar refractivity (Wildman–Crippen MR) is 123 cm³/mol. The van der Waals surface area contributed by atoms with E-state index in [0.29, 0.717) is 43.3 Å². The molecule has 0 aromatic rings. The molecule has 3 N–H and O–H groups in total. The van der Waals surface area contributed by atoms with Gasteiger partial charge in [-0.15, -0.1) is 5.06 Å². The number of hydrogen-bond donors (Lipinski definition) is 3. The van der Waals surface area contributed by atoms with Gasteiger partial charge in [-0.05, 0) is 49.9 Å². The van der Waals surface area contributed by atoms with E-state index < -0.39 is 11.8 Å². The second kappa shape index (κ2) is 14.1. The predicted octanol–water partition coefficient (Wildman–Crippen LogP) is 4.43. The van der Waals surface area contributed by atoms with E-state index in [9.17, 15) is 10.3 Å². The summed E-state index contributed by atoms with van der Waals surface area (Å²) in [5.74, 6) is 2.18. The Balaban J connectivity index is 2.94. The summed E-state index contributed by atoms with van der Waals surface area (Å²) >= 11 is 0. The van der Waals surface area contributed by atoms with Gasteiger partial charge in [-0.1, -0.05) is 48.0 Å². The highest BCUT2D eigenvalue weighted by Gasteiger charge is 2.56. The maximum atomic E-state index is 11.6. The van der Waals surface area contributed by atoms with Crippen molar-refractivity contribution in [2.45, 2.75) is 98.4 Å². The van der Waals surface area contributed by atoms with Crippen molar-refractivity contribution >= 4 is 0 Å². The van der Waals surface area contributed by atoms with Crippen molar-refractivity contribution in [3.05, 3.63) is 0 Å². The molecule has 6 atom stereocenters. The molecule has 1 aliphatic rings. The summed E-state index contributed by atoms with van der Waals surface area (Å²) in [5.41, 5.74) is 1.55. The average molecular weight is 447 g/mol. The van der Waals surface area contributed by atoms with Crippen molar-refractivity contribution < 1.29 is 24.6 Å². The molecule has 0 aromatic heterocycles. The molecule has 1 saturated carbocycles. The highest BCUT2D eigenvalue weighted by molar-refractivity contribution is 5.06. The summed E-state index contributed by atoms with van der Waals surface area (Å²) in [6.45, 7) is 16.3. The van der Waals surface area contributed by atoms with Crippen molar-refractivity contribution in [3.8, 4) is 0 Å². The van der Waals surface area contributed by atoms with E-state index in [-0.39, 0.29) is 18.8 Å². The van der Waals surface area contributed by atoms with Crippen LogP contribution in [0.5, 0.6) is 0 Å². The minimum Gasteiger partial charge on any atom is -0.389 e. The number of nitrogens with zero attached hydrogens (tertiary/aromatic N) is 1. The van der Waals surface area contributed by atoms with Gasteiger partial charge in [0, 0.05) is 19.4 Å². The Morgan fingerprint density at radius 3 is 2.26 bits per heavy atom. The highest BCUT2D eigenvalue weighted by atomic mass is 16.7. The zero-order valence-electron chi connectivity index (χ0n) is 21.3. The number of aliphatic hydroxyl groups is 1. The zero-order valence-corrected chi connectivity index (χ0v) is 21.3. The molecule has 0 aromatic carbocycles. The third kappa shape index (κ3) is 9.24. The van der Waals surface area contributed by atoms with E-state index in [1.807, 2.05) is 0 Å². The second-order valence-electron chi connectivity index (χ2n) is 10.5. The van der Waals surface area contributed by atoms with E-state index in [2.05, 4.69) is 47.0 Å². The van der Waals surface area contributed by atoms with Crippen molar-refractivity contribution in [3.63, 3.8) is 0 Å². The maximum absolute atomic E-state index is 11.6. The van der Waals surface area contributed by atoms with Crippen LogP contribution in [0, 0.1) is 29.6 Å². The van der Waals surface area contributed by atoms with Gasteiger partial charge in [-0.2, -0.15) is 5.48 Å². The topological polar surface area (TPSA) is 83.4 Å². The highest BCUT2D eigenvalue weighted by Crippen LogP contribution is 2.51. The molecule has 0 spiro atoms. The van der Waals surface area contributed by atoms with Gasteiger partial charge >= 0.3 is 0 Å². The van der Waals surface area contributed by atoms with Crippen LogP contribution in [-0.2, 0) is 14.3 Å². The smallest absolute Gasteiger partial charge is 0.124 e. The van der Waals surface area contributed by atoms with E-state index in [1.165, 1.54) is 0 Å². The zero-order chi connectivity index (χ0) is 23.6. The molecule has 0 radical (unpaired) electrons. The van der Waals surface area contributed by atoms with Gasteiger partial charge in [0.25, 0.3) is 0 Å².